The van der Waals surface area contributed by atoms with E-state index < -0.39 is 129 Å². The van der Waals surface area contributed by atoms with Gasteiger partial charge in [0.1, 0.15) is 23.2 Å². The SMILES string of the molecule is O=C(O)c1c(F)ccc2c1OB(O)[C@@H](NC(=O)C(NC(=O)N1CCN(S(=O)(=O)CCNC(=O)[C@@H]3CCCN3)C1=O)c1cc(F)c(O)c(O)c1Cl)C2. The van der Waals surface area contributed by atoms with E-state index in [9.17, 15) is 61.5 Å². The molecule has 1 unspecified atom stereocenters. The molecule has 0 aromatic heterocycles. The number of carboxylic acids is 1. The third-order valence-corrected chi connectivity index (χ3v) is 10.5. The van der Waals surface area contributed by atoms with Crippen molar-refractivity contribution < 1.29 is 66.2 Å². The molecule has 3 aliphatic heterocycles. The number of carbonyl (C=O) groups excluding carboxylic acids is 4. The van der Waals surface area contributed by atoms with Crippen LogP contribution >= 0.6 is 11.6 Å². The van der Waals surface area contributed by atoms with Crippen LogP contribution in [0.4, 0.5) is 18.4 Å². The Morgan fingerprint density at radius 3 is 2.53 bits per heavy atom. The number of nitrogens with zero attached hydrogens (tertiary/aromatic N) is 2. The molecule has 0 aliphatic carbocycles. The van der Waals surface area contributed by atoms with Crippen molar-refractivity contribution in [3.8, 4) is 17.2 Å². The molecular formula is C28H30BClF2N6O12S. The molecule has 0 saturated carbocycles. The van der Waals surface area contributed by atoms with E-state index in [1.165, 1.54) is 0 Å². The van der Waals surface area contributed by atoms with Crippen molar-refractivity contribution in [2.24, 2.45) is 0 Å². The molecule has 2 aromatic carbocycles. The molecule has 0 bridgehead atoms. The molecule has 274 valence electrons. The topological polar surface area (TPSA) is 264 Å². The molecule has 3 aliphatic rings. The Bertz CT molecular complexity index is 1900. The first kappa shape index (κ1) is 37.3. The third kappa shape index (κ3) is 7.58. The highest BCUT2D eigenvalue weighted by Crippen LogP contribution is 2.41. The summed E-state index contributed by atoms with van der Waals surface area (Å²) in [6, 6.07) is -2.81. The van der Waals surface area contributed by atoms with Crippen molar-refractivity contribution in [3.05, 3.63) is 51.5 Å². The summed E-state index contributed by atoms with van der Waals surface area (Å²) in [4.78, 5) is 64.4. The first-order chi connectivity index (χ1) is 24.0. The number of hydrogen-bond acceptors (Lipinski definition) is 12. The quantitative estimate of drug-likeness (QED) is 0.113. The number of aromatic hydroxyl groups is 2. The second-order valence-electron chi connectivity index (χ2n) is 11.6. The molecule has 0 radical (unpaired) electrons. The number of halogens is 3. The van der Waals surface area contributed by atoms with Gasteiger partial charge in [0.25, 0.3) is 0 Å². The van der Waals surface area contributed by atoms with Crippen molar-refractivity contribution in [1.82, 2.24) is 30.5 Å². The minimum atomic E-state index is -4.36. The second kappa shape index (κ2) is 14.7. The van der Waals surface area contributed by atoms with Gasteiger partial charge in [-0.3, -0.25) is 9.59 Å². The second-order valence-corrected chi connectivity index (χ2v) is 14.0. The van der Waals surface area contributed by atoms with Crippen molar-refractivity contribution >= 4 is 58.6 Å². The number of urea groups is 2. The Morgan fingerprint density at radius 2 is 1.86 bits per heavy atom. The van der Waals surface area contributed by atoms with E-state index in [1.54, 1.807) is 0 Å². The van der Waals surface area contributed by atoms with Crippen LogP contribution in [0.15, 0.2) is 18.2 Å². The summed E-state index contributed by atoms with van der Waals surface area (Å²) < 4.78 is 60.2. The number of nitrogens with one attached hydrogen (secondary N) is 4. The number of carbonyl (C=O) groups is 5. The third-order valence-electron chi connectivity index (χ3n) is 8.38. The molecule has 3 heterocycles. The van der Waals surface area contributed by atoms with Gasteiger partial charge in [0.2, 0.25) is 21.8 Å². The molecule has 2 fully saturated rings. The van der Waals surface area contributed by atoms with Gasteiger partial charge in [0.05, 0.1) is 35.8 Å². The summed E-state index contributed by atoms with van der Waals surface area (Å²) in [6.45, 7) is -0.701. The van der Waals surface area contributed by atoms with E-state index in [4.69, 9.17) is 16.3 Å². The van der Waals surface area contributed by atoms with E-state index in [0.717, 1.165) is 18.6 Å². The van der Waals surface area contributed by atoms with E-state index >= 15 is 0 Å². The van der Waals surface area contributed by atoms with Crippen molar-refractivity contribution in [1.29, 1.82) is 0 Å². The van der Waals surface area contributed by atoms with Crippen LogP contribution in [0.5, 0.6) is 17.2 Å². The molecule has 51 heavy (non-hydrogen) atoms. The maximum absolute atomic E-state index is 14.6. The van der Waals surface area contributed by atoms with Crippen LogP contribution in [0, 0.1) is 11.6 Å². The van der Waals surface area contributed by atoms with Crippen LogP contribution in [0.3, 0.4) is 0 Å². The summed E-state index contributed by atoms with van der Waals surface area (Å²) in [6.07, 6.45) is 1.00. The summed E-state index contributed by atoms with van der Waals surface area (Å²) in [5, 5.41) is 49.0. The Hall–Kier alpha value is -4.93. The van der Waals surface area contributed by atoms with Gasteiger partial charge >= 0.3 is 25.1 Å². The fourth-order valence-corrected chi connectivity index (χ4v) is 7.28. The van der Waals surface area contributed by atoms with E-state index in [-0.39, 0.29) is 18.5 Å². The van der Waals surface area contributed by atoms with Gasteiger partial charge in [0.15, 0.2) is 17.3 Å². The largest absolute Gasteiger partial charge is 0.547 e. The number of amides is 6. The summed E-state index contributed by atoms with van der Waals surface area (Å²) >= 11 is 6.10. The molecule has 0 spiro atoms. The van der Waals surface area contributed by atoms with Crippen LogP contribution in [-0.2, 0) is 26.0 Å². The smallest absolute Gasteiger partial charge is 0.534 e. The lowest BCUT2D eigenvalue weighted by Gasteiger charge is -2.31. The fraction of sp³-hybridized carbons (Fsp3) is 0.393. The van der Waals surface area contributed by atoms with Crippen molar-refractivity contribution in [2.45, 2.75) is 37.3 Å². The number of fused-ring (bicyclic) bond motifs is 1. The van der Waals surface area contributed by atoms with Crippen molar-refractivity contribution in [3.63, 3.8) is 0 Å². The maximum atomic E-state index is 14.6. The van der Waals surface area contributed by atoms with Gasteiger partial charge in [-0.25, -0.2) is 40.8 Å². The predicted molar refractivity (Wildman–Crippen MR) is 170 cm³/mol. The first-order valence-electron chi connectivity index (χ1n) is 15.2. The first-order valence-corrected chi connectivity index (χ1v) is 17.2. The zero-order chi connectivity index (χ0) is 37.4. The molecule has 5 rings (SSSR count). The standard InChI is InChI=1S/C28H30BClF2N6O12S/c30-19-13(11-15(32)21(39)22(19)40)20(25(42)35-17-10-12-3-4-14(31)18(26(43)44)23(12)50-29(17)47)36-27(45)37-7-8-38(28(37)46)51(48,49)9-6-34-24(41)16-2-1-5-33-16/h3-4,11,16-17,20,33,39-40,47H,1-2,5-10H2,(H,34,41)(H,35,42)(H,36,45)(H,43,44)/t16-,17-,20?/m0/s1. The van der Waals surface area contributed by atoms with E-state index in [1.807, 2.05) is 0 Å². The summed E-state index contributed by atoms with van der Waals surface area (Å²) in [5.41, 5.74) is -1.48. The van der Waals surface area contributed by atoms with Crippen LogP contribution in [0.2, 0.25) is 5.02 Å². The molecule has 8 N–H and O–H groups in total. The fourth-order valence-electron chi connectivity index (χ4n) is 5.75. The van der Waals surface area contributed by atoms with Crippen LogP contribution in [0.25, 0.3) is 0 Å². The van der Waals surface area contributed by atoms with Gasteiger partial charge in [-0.15, -0.1) is 0 Å². The van der Waals surface area contributed by atoms with Crippen molar-refractivity contribution in [2.75, 3.05) is 31.9 Å². The molecular weight excluding hydrogens is 729 g/mol. The number of hydrogen-bond donors (Lipinski definition) is 8. The Kier molecular flexibility index (Phi) is 10.8. The highest BCUT2D eigenvalue weighted by molar-refractivity contribution is 7.89. The van der Waals surface area contributed by atoms with Crippen LogP contribution < -0.4 is 25.9 Å². The Balaban J connectivity index is 1.33. The zero-order valence-corrected chi connectivity index (χ0v) is 27.8. The van der Waals surface area contributed by atoms with E-state index in [2.05, 4.69) is 21.3 Å². The number of aromatic carboxylic acids is 1. The van der Waals surface area contributed by atoms with Crippen LogP contribution in [0.1, 0.15) is 40.4 Å². The summed E-state index contributed by atoms with van der Waals surface area (Å²) in [5.74, 6) is -11.1. The number of rotatable bonds is 10. The van der Waals surface area contributed by atoms with Crippen LogP contribution in [-0.4, -0.2) is 119 Å². The molecule has 2 aromatic rings. The monoisotopic (exact) mass is 758 g/mol. The number of benzene rings is 2. The van der Waals surface area contributed by atoms with Gasteiger partial charge in [-0.1, -0.05) is 17.7 Å². The average Bonchev–Trinajstić information content (AvgIpc) is 3.75. The maximum Gasteiger partial charge on any atom is 0.547 e. The highest BCUT2D eigenvalue weighted by atomic mass is 35.5. The number of carboxylic acid groups (broad SMARTS) is 1. The number of imide groups is 1. The lowest BCUT2D eigenvalue weighted by molar-refractivity contribution is -0.124. The van der Waals surface area contributed by atoms with Gasteiger partial charge in [0, 0.05) is 12.1 Å². The Labute approximate surface area is 292 Å². The minimum Gasteiger partial charge on any atom is -0.534 e. The predicted octanol–water partition coefficient (Wildman–Crippen LogP) is -0.446. The normalized spacial score (nSPS) is 19.3. The molecule has 18 nitrogen and oxygen atoms in total. The molecule has 23 heteroatoms. The Morgan fingerprint density at radius 1 is 1.14 bits per heavy atom. The van der Waals surface area contributed by atoms with Gasteiger partial charge < -0.3 is 46.3 Å². The molecule has 6 amide bonds. The lowest BCUT2D eigenvalue weighted by Crippen LogP contribution is -2.56. The average molecular weight is 759 g/mol. The lowest BCUT2D eigenvalue weighted by atomic mass is 9.72. The van der Waals surface area contributed by atoms with Gasteiger partial charge in [-0.2, -0.15) is 0 Å². The zero-order valence-electron chi connectivity index (χ0n) is 26.2. The molecule has 3 atom stereocenters. The number of phenolic OH excluding ortho intramolecular Hbond substituents is 2. The summed E-state index contributed by atoms with van der Waals surface area (Å²) in [7, 11) is -6.35. The number of sulfonamides is 1. The minimum absolute atomic E-state index is 0.0510. The highest BCUT2D eigenvalue weighted by Gasteiger charge is 2.43. The molecule has 2 saturated heterocycles. The number of phenols is 2. The van der Waals surface area contributed by atoms with E-state index in [0.29, 0.717) is 28.2 Å². The van der Waals surface area contributed by atoms with Gasteiger partial charge in [-0.05, 0) is 43.5 Å².